The Hall–Kier alpha value is -1.37. The van der Waals surface area contributed by atoms with E-state index in [-0.39, 0.29) is 12.4 Å². The lowest BCUT2D eigenvalue weighted by atomic mass is 10.1. The van der Waals surface area contributed by atoms with E-state index in [1.165, 1.54) is 0 Å². The summed E-state index contributed by atoms with van der Waals surface area (Å²) in [6.45, 7) is 2.53. The van der Waals surface area contributed by atoms with E-state index in [9.17, 15) is 0 Å². The highest BCUT2D eigenvalue weighted by Gasteiger charge is 2.27. The molecule has 1 saturated heterocycles. The maximum atomic E-state index is 8.55. The van der Waals surface area contributed by atoms with E-state index in [1.54, 1.807) is 0 Å². The van der Waals surface area contributed by atoms with Crippen molar-refractivity contribution in [2.24, 2.45) is 0 Å². The normalized spacial score (nSPS) is 25.1. The van der Waals surface area contributed by atoms with Crippen molar-refractivity contribution in [1.29, 1.82) is 5.26 Å². The van der Waals surface area contributed by atoms with Gasteiger partial charge in [-0.05, 0) is 12.5 Å². The number of aryl methyl sites for hydroxylation is 1. The largest absolute Gasteiger partial charge is 0.346 e. The van der Waals surface area contributed by atoms with Crippen LogP contribution in [0.5, 0.6) is 0 Å². The van der Waals surface area contributed by atoms with Crippen molar-refractivity contribution in [3.05, 3.63) is 35.4 Å². The lowest BCUT2D eigenvalue weighted by Crippen LogP contribution is -2.08. The second kappa shape index (κ2) is 4.43. The molecule has 3 heteroatoms. The van der Waals surface area contributed by atoms with Crippen LogP contribution in [0.25, 0.3) is 0 Å². The van der Waals surface area contributed by atoms with Crippen molar-refractivity contribution >= 4 is 0 Å². The van der Waals surface area contributed by atoms with Crippen molar-refractivity contribution in [2.45, 2.75) is 25.7 Å². The molecule has 0 bridgehead atoms. The molecule has 15 heavy (non-hydrogen) atoms. The molecule has 1 heterocycles. The Morgan fingerprint density at radius 3 is 3.00 bits per heavy atom. The Morgan fingerprint density at radius 2 is 2.27 bits per heavy atom. The maximum Gasteiger partial charge on any atom is 0.184 e. The monoisotopic (exact) mass is 203 g/mol. The van der Waals surface area contributed by atoms with Crippen LogP contribution in [0.15, 0.2) is 24.3 Å². The molecule has 1 aromatic carbocycles. The summed E-state index contributed by atoms with van der Waals surface area (Å²) in [5.74, 6) is 0. The van der Waals surface area contributed by atoms with E-state index in [0.29, 0.717) is 13.0 Å². The van der Waals surface area contributed by atoms with Gasteiger partial charge in [0.1, 0.15) is 0 Å². The van der Waals surface area contributed by atoms with Crippen LogP contribution in [0.4, 0.5) is 0 Å². The smallest absolute Gasteiger partial charge is 0.184 e. The van der Waals surface area contributed by atoms with Gasteiger partial charge in [-0.2, -0.15) is 5.26 Å². The molecule has 0 amide bonds. The molecule has 0 N–H and O–H groups in total. The highest BCUT2D eigenvalue weighted by molar-refractivity contribution is 5.27. The van der Waals surface area contributed by atoms with Crippen LogP contribution in [-0.2, 0) is 9.47 Å². The van der Waals surface area contributed by atoms with Crippen LogP contribution in [-0.4, -0.2) is 12.7 Å². The molecule has 3 nitrogen and oxygen atoms in total. The number of hydrogen-bond acceptors (Lipinski definition) is 3. The first-order valence-corrected chi connectivity index (χ1v) is 5.01. The van der Waals surface area contributed by atoms with Gasteiger partial charge in [0.2, 0.25) is 0 Å². The van der Waals surface area contributed by atoms with Gasteiger partial charge < -0.3 is 9.47 Å². The Morgan fingerprint density at radius 1 is 1.47 bits per heavy atom. The van der Waals surface area contributed by atoms with Crippen molar-refractivity contribution in [1.82, 2.24) is 0 Å². The SMILES string of the molecule is Cc1ccccc1C1OCC(CC#N)O1. The van der Waals surface area contributed by atoms with Crippen molar-refractivity contribution in [2.75, 3.05) is 6.61 Å². The Balaban J connectivity index is 2.08. The van der Waals surface area contributed by atoms with E-state index in [0.717, 1.165) is 11.1 Å². The van der Waals surface area contributed by atoms with Crippen molar-refractivity contribution < 1.29 is 9.47 Å². The molecule has 2 rings (SSSR count). The maximum absolute atomic E-state index is 8.55. The van der Waals surface area contributed by atoms with Crippen LogP contribution in [0.3, 0.4) is 0 Å². The highest BCUT2D eigenvalue weighted by Crippen LogP contribution is 2.29. The van der Waals surface area contributed by atoms with Crippen molar-refractivity contribution in [3.8, 4) is 6.07 Å². The minimum Gasteiger partial charge on any atom is -0.346 e. The number of benzene rings is 1. The second-order valence-corrected chi connectivity index (χ2v) is 3.64. The van der Waals surface area contributed by atoms with E-state index in [1.807, 2.05) is 31.2 Å². The molecular formula is C12H13NO2. The first-order chi connectivity index (χ1) is 7.31. The van der Waals surface area contributed by atoms with Crippen molar-refractivity contribution in [3.63, 3.8) is 0 Å². The molecule has 2 unspecified atom stereocenters. The summed E-state index contributed by atoms with van der Waals surface area (Å²) in [4.78, 5) is 0. The first-order valence-electron chi connectivity index (χ1n) is 5.01. The third-order valence-corrected chi connectivity index (χ3v) is 2.51. The molecule has 0 radical (unpaired) electrons. The Labute approximate surface area is 89.2 Å². The summed E-state index contributed by atoms with van der Waals surface area (Å²) >= 11 is 0. The average molecular weight is 203 g/mol. The predicted molar refractivity (Wildman–Crippen MR) is 55.0 cm³/mol. The van der Waals surface area contributed by atoms with E-state index in [4.69, 9.17) is 14.7 Å². The Bertz CT molecular complexity index is 383. The van der Waals surface area contributed by atoms with E-state index >= 15 is 0 Å². The molecular weight excluding hydrogens is 190 g/mol. The van der Waals surface area contributed by atoms with Crippen LogP contribution < -0.4 is 0 Å². The molecule has 1 aliphatic rings. The fraction of sp³-hybridized carbons (Fsp3) is 0.417. The summed E-state index contributed by atoms with van der Waals surface area (Å²) in [5, 5.41) is 8.55. The molecule has 0 saturated carbocycles. The molecule has 1 aromatic rings. The lowest BCUT2D eigenvalue weighted by Gasteiger charge is -2.12. The first kappa shape index (κ1) is 10.2. The van der Waals surface area contributed by atoms with Gasteiger partial charge in [0.25, 0.3) is 0 Å². The molecule has 2 atom stereocenters. The molecule has 1 fully saturated rings. The summed E-state index contributed by atoms with van der Waals surface area (Å²) in [5.41, 5.74) is 2.21. The quantitative estimate of drug-likeness (QED) is 0.740. The predicted octanol–water partition coefficient (Wildman–Crippen LogP) is 2.32. The van der Waals surface area contributed by atoms with Gasteiger partial charge in [0.15, 0.2) is 6.29 Å². The van der Waals surface area contributed by atoms with Crippen LogP contribution >= 0.6 is 0 Å². The zero-order valence-corrected chi connectivity index (χ0v) is 8.64. The number of nitriles is 1. The van der Waals surface area contributed by atoms with Gasteiger partial charge in [-0.1, -0.05) is 24.3 Å². The molecule has 0 aromatic heterocycles. The van der Waals surface area contributed by atoms with Crippen LogP contribution in [0.1, 0.15) is 23.8 Å². The second-order valence-electron chi connectivity index (χ2n) is 3.64. The van der Waals surface area contributed by atoms with Gasteiger partial charge in [0, 0.05) is 5.56 Å². The highest BCUT2D eigenvalue weighted by atomic mass is 16.7. The van der Waals surface area contributed by atoms with Gasteiger partial charge >= 0.3 is 0 Å². The fourth-order valence-electron chi connectivity index (χ4n) is 1.67. The van der Waals surface area contributed by atoms with E-state index < -0.39 is 0 Å². The third kappa shape index (κ3) is 2.17. The zero-order valence-electron chi connectivity index (χ0n) is 8.64. The van der Waals surface area contributed by atoms with Crippen LogP contribution in [0.2, 0.25) is 0 Å². The number of ether oxygens (including phenoxy) is 2. The molecule has 0 aliphatic carbocycles. The van der Waals surface area contributed by atoms with Gasteiger partial charge in [-0.3, -0.25) is 0 Å². The zero-order chi connectivity index (χ0) is 10.7. The molecule has 1 aliphatic heterocycles. The Kier molecular flexibility index (Phi) is 3.00. The molecule has 0 spiro atoms. The minimum absolute atomic E-state index is 0.0837. The molecule has 78 valence electrons. The summed E-state index contributed by atoms with van der Waals surface area (Å²) in [6.07, 6.45) is 0.00621. The number of rotatable bonds is 2. The van der Waals surface area contributed by atoms with Crippen LogP contribution in [0, 0.1) is 18.3 Å². The fourth-order valence-corrected chi connectivity index (χ4v) is 1.67. The minimum atomic E-state index is -0.301. The van der Waals surface area contributed by atoms with Gasteiger partial charge in [-0.25, -0.2) is 0 Å². The number of hydrogen-bond donors (Lipinski definition) is 0. The summed E-state index contributed by atoms with van der Waals surface area (Å²) in [6, 6.07) is 10.1. The standard InChI is InChI=1S/C12H13NO2/c1-9-4-2-3-5-11(9)12-14-8-10(15-12)6-7-13/h2-5,10,12H,6,8H2,1H3. The number of nitrogens with zero attached hydrogens (tertiary/aromatic N) is 1. The average Bonchev–Trinajstić information content (AvgIpc) is 2.68. The lowest BCUT2D eigenvalue weighted by molar-refractivity contribution is -0.0596. The van der Waals surface area contributed by atoms with Gasteiger partial charge in [0.05, 0.1) is 25.2 Å². The third-order valence-electron chi connectivity index (χ3n) is 2.51. The summed E-state index contributed by atoms with van der Waals surface area (Å²) in [7, 11) is 0. The van der Waals surface area contributed by atoms with Gasteiger partial charge in [-0.15, -0.1) is 0 Å². The summed E-state index contributed by atoms with van der Waals surface area (Å²) < 4.78 is 11.1. The topological polar surface area (TPSA) is 42.2 Å². The van der Waals surface area contributed by atoms with E-state index in [2.05, 4.69) is 6.07 Å².